The molecule has 0 saturated carbocycles. The summed E-state index contributed by atoms with van der Waals surface area (Å²) in [4.78, 5) is 7.46. The Kier molecular flexibility index (Phi) is 2.31. The quantitative estimate of drug-likeness (QED) is 0.513. The third-order valence-corrected chi connectivity index (χ3v) is 1.03. The lowest BCUT2D eigenvalue weighted by Gasteiger charge is -2.22. The standard InChI is InChI=1S/C5H5B3N4/c6-5(7,8)12-4-1-3(9)10-2-11-4/h1-2H,(H3,9,10,11,12). The summed E-state index contributed by atoms with van der Waals surface area (Å²) in [5.41, 5.74) is 5.36. The fraction of sp³-hybridized carbons (Fsp3) is 0.200. The monoisotopic (exact) mass is 154 g/mol. The van der Waals surface area contributed by atoms with Crippen molar-refractivity contribution in [2.75, 3.05) is 11.1 Å². The van der Waals surface area contributed by atoms with Gasteiger partial charge in [0.25, 0.3) is 0 Å². The average molecular weight is 154 g/mol. The van der Waals surface area contributed by atoms with Crippen LogP contribution in [0.25, 0.3) is 0 Å². The van der Waals surface area contributed by atoms with Crippen molar-refractivity contribution in [3.05, 3.63) is 12.4 Å². The van der Waals surface area contributed by atoms with Gasteiger partial charge < -0.3 is 11.1 Å². The molecule has 4 nitrogen and oxygen atoms in total. The summed E-state index contributed by atoms with van der Waals surface area (Å²) in [6, 6.07) is 1.47. The number of nitrogens with zero attached hydrogens (tertiary/aromatic N) is 2. The van der Waals surface area contributed by atoms with Crippen LogP contribution in [0.1, 0.15) is 0 Å². The number of hydrogen-bond donors (Lipinski definition) is 2. The van der Waals surface area contributed by atoms with E-state index in [1.54, 1.807) is 0 Å². The minimum atomic E-state index is -1.50. The summed E-state index contributed by atoms with van der Waals surface area (Å²) >= 11 is 0. The van der Waals surface area contributed by atoms with Gasteiger partial charge in [-0.15, -0.1) is 0 Å². The zero-order valence-corrected chi connectivity index (χ0v) is 6.36. The molecule has 0 bridgehead atoms. The number of hydrogen-bond acceptors (Lipinski definition) is 4. The van der Waals surface area contributed by atoms with E-state index in [4.69, 9.17) is 29.3 Å². The first-order chi connectivity index (χ1) is 5.47. The van der Waals surface area contributed by atoms with Gasteiger partial charge in [-0.3, -0.25) is 0 Å². The molecule has 1 aromatic heterocycles. The van der Waals surface area contributed by atoms with E-state index >= 15 is 0 Å². The van der Waals surface area contributed by atoms with Crippen molar-refractivity contribution in [1.29, 1.82) is 0 Å². The summed E-state index contributed by atoms with van der Waals surface area (Å²) in [6.07, 6.45) is 1.28. The number of nitrogens with one attached hydrogen (secondary N) is 1. The van der Waals surface area contributed by atoms with Crippen LogP contribution in [-0.4, -0.2) is 38.7 Å². The Morgan fingerprint density at radius 1 is 1.33 bits per heavy atom. The highest BCUT2D eigenvalue weighted by Crippen LogP contribution is 2.07. The Balaban J connectivity index is 2.77. The average Bonchev–Trinajstić information content (AvgIpc) is 1.82. The third-order valence-electron chi connectivity index (χ3n) is 1.03. The van der Waals surface area contributed by atoms with Crippen LogP contribution in [0, 0.1) is 0 Å². The Labute approximate surface area is 74.6 Å². The predicted octanol–water partition coefficient (Wildman–Crippen LogP) is -1.41. The lowest BCUT2D eigenvalue weighted by molar-refractivity contribution is 1.12. The van der Waals surface area contributed by atoms with Crippen LogP contribution in [0.3, 0.4) is 0 Å². The second-order valence-corrected chi connectivity index (χ2v) is 2.39. The normalized spacial score (nSPS) is 11.0. The smallest absolute Gasteiger partial charge is 0.129 e. The maximum atomic E-state index is 5.36. The fourth-order valence-corrected chi connectivity index (χ4v) is 0.663. The molecular formula is C5H5B3N4. The summed E-state index contributed by atoms with van der Waals surface area (Å²) in [5, 5.41) is 1.02. The maximum Gasteiger partial charge on any atom is 0.129 e. The van der Waals surface area contributed by atoms with Gasteiger partial charge >= 0.3 is 0 Å². The zero-order chi connectivity index (χ0) is 9.19. The molecule has 1 heterocycles. The van der Waals surface area contributed by atoms with E-state index in [9.17, 15) is 0 Å². The van der Waals surface area contributed by atoms with Gasteiger partial charge in [-0.05, 0) is 0 Å². The van der Waals surface area contributed by atoms with E-state index in [0.717, 1.165) is 0 Å². The van der Waals surface area contributed by atoms with Crippen LogP contribution in [0.2, 0.25) is 0 Å². The number of rotatable bonds is 2. The minimum Gasteiger partial charge on any atom is -0.390 e. The van der Waals surface area contributed by atoms with Gasteiger partial charge in [-0.2, -0.15) is 0 Å². The van der Waals surface area contributed by atoms with Crippen LogP contribution in [0.15, 0.2) is 12.4 Å². The van der Waals surface area contributed by atoms with Gasteiger partial charge in [0.2, 0.25) is 0 Å². The predicted molar refractivity (Wildman–Crippen MR) is 50.1 cm³/mol. The van der Waals surface area contributed by atoms with Crippen molar-refractivity contribution in [2.45, 2.75) is 5.24 Å². The molecule has 54 valence electrons. The molecule has 3 N–H and O–H groups in total. The third kappa shape index (κ3) is 2.86. The molecule has 0 unspecified atom stereocenters. The lowest BCUT2D eigenvalue weighted by Crippen LogP contribution is -2.40. The first-order valence-electron chi connectivity index (χ1n) is 3.20. The van der Waals surface area contributed by atoms with Gasteiger partial charge in [0.05, 0.1) is 23.5 Å². The van der Waals surface area contributed by atoms with Gasteiger partial charge in [0, 0.05) is 6.07 Å². The van der Waals surface area contributed by atoms with Crippen LogP contribution < -0.4 is 11.1 Å². The molecule has 0 aliphatic carbocycles. The van der Waals surface area contributed by atoms with Crippen molar-refractivity contribution in [3.8, 4) is 0 Å². The summed E-state index contributed by atoms with van der Waals surface area (Å²) in [5.74, 6) is 0.701. The topological polar surface area (TPSA) is 63.8 Å². The van der Waals surface area contributed by atoms with Crippen LogP contribution in [0.4, 0.5) is 11.6 Å². The molecule has 0 aliphatic rings. The van der Waals surface area contributed by atoms with Crippen molar-refractivity contribution in [1.82, 2.24) is 9.97 Å². The minimum absolute atomic E-state index is 0.316. The van der Waals surface area contributed by atoms with E-state index in [1.807, 2.05) is 0 Å². The molecule has 7 heteroatoms. The fourth-order valence-electron chi connectivity index (χ4n) is 0.663. The van der Waals surface area contributed by atoms with E-state index in [1.165, 1.54) is 12.4 Å². The molecule has 1 rings (SSSR count). The van der Waals surface area contributed by atoms with Crippen LogP contribution in [0.5, 0.6) is 0 Å². The number of nitrogens with two attached hydrogens (primary N) is 1. The second kappa shape index (κ2) is 3.09. The van der Waals surface area contributed by atoms with Crippen molar-refractivity contribution in [3.63, 3.8) is 0 Å². The Morgan fingerprint density at radius 2 is 2.00 bits per heavy atom. The highest BCUT2D eigenvalue weighted by molar-refractivity contribution is 6.60. The molecule has 0 aromatic carbocycles. The molecule has 0 spiro atoms. The molecule has 0 saturated heterocycles. The van der Waals surface area contributed by atoms with Gasteiger partial charge in [0.1, 0.15) is 18.0 Å². The molecule has 0 amide bonds. The van der Waals surface area contributed by atoms with Crippen molar-refractivity contribution in [2.24, 2.45) is 0 Å². The van der Waals surface area contributed by atoms with Crippen molar-refractivity contribution >= 4 is 35.2 Å². The summed E-state index contributed by atoms with van der Waals surface area (Å²) < 4.78 is 0. The molecule has 6 radical (unpaired) electrons. The number of anilines is 2. The lowest BCUT2D eigenvalue weighted by atomic mass is 9.49. The van der Waals surface area contributed by atoms with E-state index in [0.29, 0.717) is 11.6 Å². The van der Waals surface area contributed by atoms with E-state index < -0.39 is 5.24 Å². The Morgan fingerprint density at radius 3 is 2.50 bits per heavy atom. The molecule has 0 fully saturated rings. The number of nitrogen functional groups attached to an aromatic ring is 1. The molecule has 0 atom stereocenters. The SMILES string of the molecule is [B]C([B])([B])Nc1cc(N)ncn1. The van der Waals surface area contributed by atoms with E-state index in [-0.39, 0.29) is 0 Å². The molecular weight excluding hydrogens is 149 g/mol. The molecule has 1 aromatic rings. The van der Waals surface area contributed by atoms with Gasteiger partial charge in [0.15, 0.2) is 0 Å². The largest absolute Gasteiger partial charge is 0.390 e. The maximum absolute atomic E-state index is 5.36. The van der Waals surface area contributed by atoms with E-state index in [2.05, 4.69) is 15.3 Å². The first-order valence-corrected chi connectivity index (χ1v) is 3.20. The number of aromatic nitrogens is 2. The molecule has 0 aliphatic heterocycles. The van der Waals surface area contributed by atoms with Crippen molar-refractivity contribution < 1.29 is 0 Å². The summed E-state index contributed by atoms with van der Waals surface area (Å²) in [7, 11) is 15.8. The highest BCUT2D eigenvalue weighted by atomic mass is 15.0. The summed E-state index contributed by atoms with van der Waals surface area (Å²) in [6.45, 7) is 0. The van der Waals surface area contributed by atoms with Crippen LogP contribution >= 0.6 is 0 Å². The van der Waals surface area contributed by atoms with Crippen LogP contribution in [-0.2, 0) is 0 Å². The highest BCUT2D eigenvalue weighted by Gasteiger charge is 2.08. The Bertz CT molecular complexity index is 272. The Hall–Kier alpha value is -1.13. The molecule has 12 heavy (non-hydrogen) atoms. The van der Waals surface area contributed by atoms with Gasteiger partial charge in [-0.1, -0.05) is 5.24 Å². The second-order valence-electron chi connectivity index (χ2n) is 2.39. The van der Waals surface area contributed by atoms with Gasteiger partial charge in [-0.25, -0.2) is 9.97 Å². The zero-order valence-electron chi connectivity index (χ0n) is 6.36. The first kappa shape index (κ1) is 8.97.